The summed E-state index contributed by atoms with van der Waals surface area (Å²) in [6, 6.07) is 14.1. The monoisotopic (exact) mass is 446 g/mol. The van der Waals surface area contributed by atoms with Gasteiger partial charge in [-0.3, -0.25) is 4.79 Å². The van der Waals surface area contributed by atoms with E-state index in [1.165, 1.54) is 36.7 Å². The maximum absolute atomic E-state index is 12.5. The number of amides is 1. The van der Waals surface area contributed by atoms with E-state index in [1.54, 1.807) is 30.3 Å². The summed E-state index contributed by atoms with van der Waals surface area (Å²) in [7, 11) is -3.85. The first kappa shape index (κ1) is 21.5. The molecule has 8 nitrogen and oxygen atoms in total. The molecule has 0 bridgehead atoms. The van der Waals surface area contributed by atoms with Gasteiger partial charge in [0.2, 0.25) is 5.95 Å². The van der Waals surface area contributed by atoms with Crippen LogP contribution in [0.15, 0.2) is 71.9 Å². The molecule has 1 aromatic heterocycles. The zero-order valence-electron chi connectivity index (χ0n) is 15.9. The number of benzene rings is 2. The number of carbonyl (C=O) groups is 1. The lowest BCUT2D eigenvalue weighted by atomic mass is 10.2. The first-order valence-corrected chi connectivity index (χ1v) is 10.9. The molecule has 2 N–H and O–H groups in total. The molecule has 0 saturated heterocycles. The molecule has 3 aromatic rings. The highest BCUT2D eigenvalue weighted by Gasteiger charge is 2.20. The Morgan fingerprint density at radius 3 is 2.43 bits per heavy atom. The van der Waals surface area contributed by atoms with E-state index >= 15 is 0 Å². The average molecular weight is 447 g/mol. The van der Waals surface area contributed by atoms with Crippen LogP contribution in [0.5, 0.6) is 5.75 Å². The number of ether oxygens (including phenoxy) is 1. The number of nitrogens with zero attached hydrogens (tertiary/aromatic N) is 2. The number of anilines is 2. The van der Waals surface area contributed by atoms with Gasteiger partial charge in [-0.05, 0) is 55.0 Å². The lowest BCUT2D eigenvalue weighted by Crippen LogP contribution is -2.32. The zero-order valence-corrected chi connectivity index (χ0v) is 17.5. The highest BCUT2D eigenvalue weighted by molar-refractivity contribution is 7.92. The summed E-state index contributed by atoms with van der Waals surface area (Å²) in [6.45, 7) is 1.82. The van der Waals surface area contributed by atoms with Gasteiger partial charge in [-0.15, -0.1) is 0 Å². The first-order chi connectivity index (χ1) is 14.4. The minimum atomic E-state index is -3.85. The predicted octanol–water partition coefficient (Wildman–Crippen LogP) is 3.73. The van der Waals surface area contributed by atoms with Crippen LogP contribution in [0.4, 0.5) is 11.6 Å². The summed E-state index contributed by atoms with van der Waals surface area (Å²) >= 11 is 5.94. The maximum atomic E-state index is 12.5. The van der Waals surface area contributed by atoms with Crippen molar-refractivity contribution in [3.05, 3.63) is 72.0 Å². The van der Waals surface area contributed by atoms with Crippen LogP contribution in [-0.4, -0.2) is 30.4 Å². The van der Waals surface area contributed by atoms with E-state index in [0.29, 0.717) is 22.9 Å². The summed E-state index contributed by atoms with van der Waals surface area (Å²) in [5, 5.41) is 3.23. The number of carbonyl (C=O) groups excluding carboxylic acids is 1. The lowest BCUT2D eigenvalue weighted by Gasteiger charge is -2.17. The van der Waals surface area contributed by atoms with E-state index in [1.807, 2.05) is 6.92 Å². The standard InChI is InChI=1S/C20H19ClN4O4S/c1-2-18(29-16-6-3-5-14(21)13-16)19(26)24-15-7-9-17(10-8-15)30(27,28)25-20-22-11-4-12-23-20/h3-13,18H,2H2,1H3,(H,24,26)(H,22,23,25)/t18-/m1/s1. The molecule has 0 unspecified atom stereocenters. The van der Waals surface area contributed by atoms with Crippen LogP contribution in [0.25, 0.3) is 0 Å². The second kappa shape index (κ2) is 9.55. The summed E-state index contributed by atoms with van der Waals surface area (Å²) in [4.78, 5) is 20.2. The number of aromatic nitrogens is 2. The Labute approximate surface area is 179 Å². The van der Waals surface area contributed by atoms with Crippen LogP contribution < -0.4 is 14.8 Å². The van der Waals surface area contributed by atoms with Crippen molar-refractivity contribution >= 4 is 39.2 Å². The quantitative estimate of drug-likeness (QED) is 0.545. The third kappa shape index (κ3) is 5.68. The Hall–Kier alpha value is -3.17. The Morgan fingerprint density at radius 2 is 1.80 bits per heavy atom. The zero-order chi connectivity index (χ0) is 21.6. The van der Waals surface area contributed by atoms with Gasteiger partial charge in [-0.1, -0.05) is 24.6 Å². The largest absolute Gasteiger partial charge is 0.481 e. The van der Waals surface area contributed by atoms with E-state index in [9.17, 15) is 13.2 Å². The summed E-state index contributed by atoms with van der Waals surface area (Å²) < 4.78 is 32.8. The topological polar surface area (TPSA) is 110 Å². The molecule has 10 heteroatoms. The van der Waals surface area contributed by atoms with Crippen LogP contribution in [0.1, 0.15) is 13.3 Å². The van der Waals surface area contributed by atoms with Crippen molar-refractivity contribution in [2.45, 2.75) is 24.3 Å². The third-order valence-corrected chi connectivity index (χ3v) is 5.54. The van der Waals surface area contributed by atoms with E-state index in [2.05, 4.69) is 20.0 Å². The molecule has 30 heavy (non-hydrogen) atoms. The van der Waals surface area contributed by atoms with Crippen molar-refractivity contribution in [1.82, 2.24) is 9.97 Å². The maximum Gasteiger partial charge on any atom is 0.265 e. The van der Waals surface area contributed by atoms with Crippen molar-refractivity contribution in [3.63, 3.8) is 0 Å². The molecule has 0 saturated carbocycles. The van der Waals surface area contributed by atoms with Gasteiger partial charge in [-0.2, -0.15) is 0 Å². The molecule has 2 aromatic carbocycles. The molecular formula is C20H19ClN4O4S. The Bertz CT molecular complexity index is 1110. The normalized spacial score (nSPS) is 12.1. The number of nitrogens with one attached hydrogen (secondary N) is 2. The molecule has 0 aliphatic heterocycles. The van der Waals surface area contributed by atoms with Crippen LogP contribution in [0.3, 0.4) is 0 Å². The second-order valence-electron chi connectivity index (χ2n) is 6.16. The van der Waals surface area contributed by atoms with Crippen molar-refractivity contribution in [3.8, 4) is 5.75 Å². The fourth-order valence-corrected chi connectivity index (χ4v) is 3.64. The third-order valence-electron chi connectivity index (χ3n) is 3.96. The molecule has 1 atom stereocenters. The Kier molecular flexibility index (Phi) is 6.86. The molecule has 0 aliphatic carbocycles. The first-order valence-electron chi connectivity index (χ1n) is 9.00. The minimum Gasteiger partial charge on any atom is -0.481 e. The number of rotatable bonds is 8. The van der Waals surface area contributed by atoms with E-state index in [-0.39, 0.29) is 16.8 Å². The Morgan fingerprint density at radius 1 is 1.10 bits per heavy atom. The number of hydrogen-bond acceptors (Lipinski definition) is 6. The molecule has 0 aliphatic rings. The smallest absolute Gasteiger partial charge is 0.265 e. The molecule has 1 amide bonds. The summed E-state index contributed by atoms with van der Waals surface area (Å²) in [5.41, 5.74) is 0.433. The highest BCUT2D eigenvalue weighted by atomic mass is 35.5. The molecule has 0 fully saturated rings. The van der Waals surface area contributed by atoms with Gasteiger partial charge in [0, 0.05) is 23.1 Å². The van der Waals surface area contributed by atoms with E-state index in [0.717, 1.165) is 0 Å². The van der Waals surface area contributed by atoms with Crippen LogP contribution in [0, 0.1) is 0 Å². The van der Waals surface area contributed by atoms with Crippen molar-refractivity contribution in [2.75, 3.05) is 10.0 Å². The van der Waals surface area contributed by atoms with Gasteiger partial charge in [0.05, 0.1) is 4.90 Å². The second-order valence-corrected chi connectivity index (χ2v) is 8.28. The number of hydrogen-bond donors (Lipinski definition) is 2. The van der Waals surface area contributed by atoms with Crippen LogP contribution >= 0.6 is 11.6 Å². The minimum absolute atomic E-state index is 0.00942. The van der Waals surface area contributed by atoms with Crippen LogP contribution in [0.2, 0.25) is 5.02 Å². The van der Waals surface area contributed by atoms with Gasteiger partial charge in [0.25, 0.3) is 15.9 Å². The van der Waals surface area contributed by atoms with Gasteiger partial charge >= 0.3 is 0 Å². The fourth-order valence-electron chi connectivity index (χ4n) is 2.50. The molecule has 0 spiro atoms. The van der Waals surface area contributed by atoms with Crippen LogP contribution in [-0.2, 0) is 14.8 Å². The molecular weight excluding hydrogens is 428 g/mol. The molecule has 0 radical (unpaired) electrons. The fraction of sp³-hybridized carbons (Fsp3) is 0.150. The lowest BCUT2D eigenvalue weighted by molar-refractivity contribution is -0.122. The molecule has 156 valence electrons. The molecule has 3 rings (SSSR count). The van der Waals surface area contributed by atoms with Gasteiger partial charge in [0.1, 0.15) is 5.75 Å². The van der Waals surface area contributed by atoms with E-state index < -0.39 is 16.1 Å². The summed E-state index contributed by atoms with van der Waals surface area (Å²) in [6.07, 6.45) is 2.56. The van der Waals surface area contributed by atoms with Gasteiger partial charge in [-0.25, -0.2) is 23.1 Å². The van der Waals surface area contributed by atoms with Crippen molar-refractivity contribution in [2.24, 2.45) is 0 Å². The van der Waals surface area contributed by atoms with Crippen molar-refractivity contribution < 1.29 is 17.9 Å². The number of halogens is 1. The van der Waals surface area contributed by atoms with Crippen molar-refractivity contribution in [1.29, 1.82) is 0 Å². The summed E-state index contributed by atoms with van der Waals surface area (Å²) in [5.74, 6) is 0.0999. The van der Waals surface area contributed by atoms with E-state index in [4.69, 9.17) is 16.3 Å². The molecule has 1 heterocycles. The number of sulfonamides is 1. The van der Waals surface area contributed by atoms with Gasteiger partial charge in [0.15, 0.2) is 6.10 Å². The SMILES string of the molecule is CC[C@@H](Oc1cccc(Cl)c1)C(=O)Nc1ccc(S(=O)(=O)Nc2ncccn2)cc1. The van der Waals surface area contributed by atoms with Gasteiger partial charge < -0.3 is 10.1 Å². The average Bonchev–Trinajstić information content (AvgIpc) is 2.73. The Balaban J connectivity index is 1.66. The highest BCUT2D eigenvalue weighted by Crippen LogP contribution is 2.20. The predicted molar refractivity (Wildman–Crippen MR) is 114 cm³/mol.